The molecule has 0 radical (unpaired) electrons. The molecule has 0 N–H and O–H groups in total. The quantitative estimate of drug-likeness (QED) is 0.442. The van der Waals surface area contributed by atoms with E-state index in [0.29, 0.717) is 15.8 Å². The van der Waals surface area contributed by atoms with Crippen molar-refractivity contribution in [3.8, 4) is 5.75 Å². The average Bonchev–Trinajstić information content (AvgIpc) is 2.39. The molecule has 0 amide bonds. The van der Waals surface area contributed by atoms with Gasteiger partial charge in [-0.05, 0) is 44.5 Å². The van der Waals surface area contributed by atoms with Crippen LogP contribution >= 0.6 is 15.9 Å². The Bertz CT molecular complexity index is 568. The summed E-state index contributed by atoms with van der Waals surface area (Å²) in [7, 11) is 0. The van der Waals surface area contributed by atoms with Crippen LogP contribution in [0, 0.1) is 10.1 Å². The lowest BCUT2D eigenvalue weighted by Gasteiger charge is -2.24. The fourth-order valence-corrected chi connectivity index (χ4v) is 1.87. The largest absolute Gasteiger partial charge is 0.476 e. The van der Waals surface area contributed by atoms with Crippen molar-refractivity contribution in [1.82, 2.24) is 0 Å². The van der Waals surface area contributed by atoms with Crippen LogP contribution in [0.5, 0.6) is 5.75 Å². The highest BCUT2D eigenvalue weighted by Gasteiger charge is 2.31. The van der Waals surface area contributed by atoms with Gasteiger partial charge in [-0.3, -0.25) is 10.1 Å². The molecule has 7 heteroatoms. The van der Waals surface area contributed by atoms with Crippen LogP contribution < -0.4 is 4.74 Å². The van der Waals surface area contributed by atoms with Crippen LogP contribution in [-0.2, 0) is 9.53 Å². The molecule has 114 valence electrons. The molecule has 0 saturated carbocycles. The van der Waals surface area contributed by atoms with Gasteiger partial charge in [0, 0.05) is 10.5 Å². The van der Waals surface area contributed by atoms with E-state index in [1.165, 1.54) is 6.08 Å². The lowest BCUT2D eigenvalue weighted by Crippen LogP contribution is -2.39. The van der Waals surface area contributed by atoms with Crippen LogP contribution in [0.15, 0.2) is 28.9 Å². The second-order valence-corrected chi connectivity index (χ2v) is 5.47. The number of nitrogens with zero attached hydrogens (tertiary/aromatic N) is 1. The van der Waals surface area contributed by atoms with Crippen LogP contribution in [0.4, 0.5) is 0 Å². The summed E-state index contributed by atoms with van der Waals surface area (Å²) in [6, 6.07) is 4.95. The predicted octanol–water partition coefficient (Wildman–Crippen LogP) is 3.42. The van der Waals surface area contributed by atoms with Gasteiger partial charge in [-0.15, -0.1) is 0 Å². The molecule has 0 heterocycles. The Hall–Kier alpha value is -1.89. The lowest BCUT2D eigenvalue weighted by atomic mass is 10.1. The van der Waals surface area contributed by atoms with Gasteiger partial charge in [-0.2, -0.15) is 0 Å². The first-order valence-electron chi connectivity index (χ1n) is 6.23. The topological polar surface area (TPSA) is 78.7 Å². The monoisotopic (exact) mass is 357 g/mol. The van der Waals surface area contributed by atoms with Gasteiger partial charge in [0.15, 0.2) is 5.60 Å². The molecule has 1 aromatic rings. The summed E-state index contributed by atoms with van der Waals surface area (Å²) in [5, 5.41) is 10.4. The molecule has 0 aromatic heterocycles. The molecule has 1 aromatic carbocycles. The number of hydrogen-bond donors (Lipinski definition) is 0. The Morgan fingerprint density at radius 1 is 1.48 bits per heavy atom. The summed E-state index contributed by atoms with van der Waals surface area (Å²) in [5.41, 5.74) is -0.572. The minimum atomic E-state index is -1.14. The fourth-order valence-electron chi connectivity index (χ4n) is 1.50. The van der Waals surface area contributed by atoms with E-state index in [2.05, 4.69) is 15.9 Å². The maximum atomic E-state index is 11.8. The van der Waals surface area contributed by atoms with Crippen molar-refractivity contribution in [2.24, 2.45) is 0 Å². The first kappa shape index (κ1) is 17.2. The van der Waals surface area contributed by atoms with Gasteiger partial charge >= 0.3 is 5.97 Å². The van der Waals surface area contributed by atoms with Gasteiger partial charge < -0.3 is 9.47 Å². The summed E-state index contributed by atoms with van der Waals surface area (Å²) in [5.74, 6) is -0.0606. The average molecular weight is 358 g/mol. The molecule has 21 heavy (non-hydrogen) atoms. The maximum absolute atomic E-state index is 11.8. The van der Waals surface area contributed by atoms with Gasteiger partial charge in [0.2, 0.25) is 6.20 Å². The summed E-state index contributed by atoms with van der Waals surface area (Å²) in [6.45, 7) is 5.18. The third kappa shape index (κ3) is 5.18. The van der Waals surface area contributed by atoms with Crippen molar-refractivity contribution >= 4 is 28.0 Å². The lowest BCUT2D eigenvalue weighted by molar-refractivity contribution is -0.400. The number of nitro groups is 1. The van der Waals surface area contributed by atoms with Crippen LogP contribution in [-0.4, -0.2) is 23.1 Å². The Morgan fingerprint density at radius 2 is 2.14 bits per heavy atom. The number of benzene rings is 1. The number of hydrogen-bond acceptors (Lipinski definition) is 5. The molecule has 0 aliphatic heterocycles. The Morgan fingerprint density at radius 3 is 2.71 bits per heavy atom. The molecule has 0 fully saturated rings. The van der Waals surface area contributed by atoms with E-state index in [1.807, 2.05) is 0 Å². The van der Waals surface area contributed by atoms with E-state index in [0.717, 1.165) is 6.20 Å². The van der Waals surface area contributed by atoms with Gasteiger partial charge in [0.25, 0.3) is 0 Å². The highest BCUT2D eigenvalue weighted by atomic mass is 79.9. The predicted molar refractivity (Wildman–Crippen MR) is 81.5 cm³/mol. The number of carbonyl (C=O) groups is 1. The number of halogens is 1. The fraction of sp³-hybridized carbons (Fsp3) is 0.357. The van der Waals surface area contributed by atoms with Crippen LogP contribution in [0.3, 0.4) is 0 Å². The highest BCUT2D eigenvalue weighted by molar-refractivity contribution is 9.10. The molecule has 0 spiro atoms. The SMILES string of the molecule is CCOC(=O)C(C)(C)Oc1ccc(Br)c(/C=C/[N+](=O)[O-])c1. The number of carbonyl (C=O) groups excluding carboxylic acids is 1. The summed E-state index contributed by atoms with van der Waals surface area (Å²) < 4.78 is 11.2. The zero-order valence-corrected chi connectivity index (χ0v) is 13.5. The first-order valence-corrected chi connectivity index (χ1v) is 7.03. The molecule has 1 rings (SSSR count). The highest BCUT2D eigenvalue weighted by Crippen LogP contribution is 2.26. The van der Waals surface area contributed by atoms with Crippen molar-refractivity contribution < 1.29 is 19.2 Å². The molecule has 0 bridgehead atoms. The molecule has 0 saturated heterocycles. The first-order chi connectivity index (χ1) is 9.76. The van der Waals surface area contributed by atoms with E-state index in [9.17, 15) is 14.9 Å². The minimum Gasteiger partial charge on any atom is -0.476 e. The van der Waals surface area contributed by atoms with E-state index in [1.54, 1.807) is 39.0 Å². The minimum absolute atomic E-state index is 0.267. The normalized spacial score (nSPS) is 11.4. The number of rotatable bonds is 6. The smallest absolute Gasteiger partial charge is 0.349 e. The number of esters is 1. The third-order valence-electron chi connectivity index (χ3n) is 2.48. The molecule has 0 aliphatic rings. The van der Waals surface area contributed by atoms with Crippen LogP contribution in [0.1, 0.15) is 26.3 Å². The van der Waals surface area contributed by atoms with Crippen molar-refractivity contribution in [2.75, 3.05) is 6.61 Å². The molecular weight excluding hydrogens is 342 g/mol. The Kier molecular flexibility index (Phi) is 5.90. The van der Waals surface area contributed by atoms with E-state index >= 15 is 0 Å². The second-order valence-electron chi connectivity index (χ2n) is 4.62. The van der Waals surface area contributed by atoms with Gasteiger partial charge in [0.05, 0.1) is 11.5 Å². The summed E-state index contributed by atoms with van der Waals surface area (Å²) in [4.78, 5) is 21.6. The molecule has 0 unspecified atom stereocenters. The van der Waals surface area contributed by atoms with Crippen LogP contribution in [0.25, 0.3) is 6.08 Å². The maximum Gasteiger partial charge on any atom is 0.349 e. The van der Waals surface area contributed by atoms with Gasteiger partial charge in [-0.1, -0.05) is 15.9 Å². The zero-order valence-electron chi connectivity index (χ0n) is 12.0. The summed E-state index contributed by atoms with van der Waals surface area (Å²) in [6.07, 6.45) is 2.18. The van der Waals surface area contributed by atoms with Crippen molar-refractivity contribution in [3.05, 3.63) is 44.5 Å². The molecule has 0 atom stereocenters. The molecule has 0 aliphatic carbocycles. The Labute approximate surface area is 131 Å². The number of ether oxygens (including phenoxy) is 2. The zero-order chi connectivity index (χ0) is 16.0. The standard InChI is InChI=1S/C14H16BrNO5/c1-4-20-13(17)14(2,3)21-11-5-6-12(15)10(9-11)7-8-16(18)19/h5-9H,4H2,1-3H3/b8-7+. The van der Waals surface area contributed by atoms with Crippen molar-refractivity contribution in [1.29, 1.82) is 0 Å². The van der Waals surface area contributed by atoms with Crippen LogP contribution in [0.2, 0.25) is 0 Å². The Balaban J connectivity index is 2.97. The van der Waals surface area contributed by atoms with Gasteiger partial charge in [-0.25, -0.2) is 4.79 Å². The van der Waals surface area contributed by atoms with Gasteiger partial charge in [0.1, 0.15) is 5.75 Å². The second kappa shape index (κ2) is 7.21. The third-order valence-corrected chi connectivity index (χ3v) is 3.21. The molecule has 6 nitrogen and oxygen atoms in total. The van der Waals surface area contributed by atoms with Crippen molar-refractivity contribution in [3.63, 3.8) is 0 Å². The van der Waals surface area contributed by atoms with E-state index < -0.39 is 16.5 Å². The van der Waals surface area contributed by atoms with E-state index in [4.69, 9.17) is 9.47 Å². The summed E-state index contributed by atoms with van der Waals surface area (Å²) >= 11 is 3.29. The van der Waals surface area contributed by atoms with Crippen molar-refractivity contribution in [2.45, 2.75) is 26.4 Å². The van der Waals surface area contributed by atoms with E-state index in [-0.39, 0.29) is 6.61 Å². The molecular formula is C14H16BrNO5.